The van der Waals surface area contributed by atoms with Gasteiger partial charge < -0.3 is 20.7 Å². The molecule has 0 fully saturated rings. The summed E-state index contributed by atoms with van der Waals surface area (Å²) in [5, 5.41) is 9.59. The first kappa shape index (κ1) is 18.9. The van der Waals surface area contributed by atoms with Crippen molar-refractivity contribution in [2.45, 2.75) is 25.5 Å². The number of nitrogens with one attached hydrogen (secondary N) is 3. The molecule has 0 saturated carbocycles. The molecule has 1 atom stereocenters. The van der Waals surface area contributed by atoms with Crippen LogP contribution in [-0.2, 0) is 22.7 Å². The van der Waals surface area contributed by atoms with Crippen molar-refractivity contribution < 1.29 is 9.53 Å². The molecule has 1 aliphatic rings. The zero-order valence-corrected chi connectivity index (χ0v) is 15.8. The minimum atomic E-state index is 0.0552. The van der Waals surface area contributed by atoms with E-state index in [4.69, 9.17) is 4.74 Å². The minimum Gasteiger partial charge on any atom is -0.380 e. The summed E-state index contributed by atoms with van der Waals surface area (Å²) < 4.78 is 5.13. The number of methoxy groups -OCH3 is 1. The van der Waals surface area contributed by atoms with E-state index in [-0.39, 0.29) is 11.8 Å². The van der Waals surface area contributed by atoms with Crippen LogP contribution < -0.4 is 16.0 Å². The van der Waals surface area contributed by atoms with Crippen molar-refractivity contribution in [3.05, 3.63) is 65.2 Å². The zero-order chi connectivity index (χ0) is 19.1. The molecule has 142 valence electrons. The average molecular weight is 366 g/mol. The number of hydrogen-bond donors (Lipinski definition) is 3. The fourth-order valence-corrected chi connectivity index (χ4v) is 3.23. The van der Waals surface area contributed by atoms with Crippen molar-refractivity contribution in [1.82, 2.24) is 10.6 Å². The molecular formula is C21H26N4O2. The number of hydrogen-bond acceptors (Lipinski definition) is 3. The Hall–Kier alpha value is -2.86. The molecule has 2 aromatic carbocycles. The number of fused-ring (bicyclic) bond motifs is 1. The molecule has 1 unspecified atom stereocenters. The van der Waals surface area contributed by atoms with Gasteiger partial charge in [-0.1, -0.05) is 42.5 Å². The fraction of sp³-hybridized carbons (Fsp3) is 0.333. The SMILES string of the molecule is CN=C(NCc1ccc(COC)cc1)NCC1CC(=O)Nc2ccccc21. The van der Waals surface area contributed by atoms with E-state index in [1.54, 1.807) is 14.2 Å². The normalized spacial score (nSPS) is 16.4. The van der Waals surface area contributed by atoms with Crippen LogP contribution in [0.5, 0.6) is 0 Å². The number of carbonyl (C=O) groups is 1. The van der Waals surface area contributed by atoms with Gasteiger partial charge in [0.1, 0.15) is 0 Å². The maximum Gasteiger partial charge on any atom is 0.225 e. The van der Waals surface area contributed by atoms with Crippen molar-refractivity contribution in [1.29, 1.82) is 0 Å². The monoisotopic (exact) mass is 366 g/mol. The Balaban J connectivity index is 1.54. The summed E-state index contributed by atoms with van der Waals surface area (Å²) in [4.78, 5) is 16.2. The van der Waals surface area contributed by atoms with Crippen molar-refractivity contribution in [2.24, 2.45) is 4.99 Å². The number of amides is 1. The quantitative estimate of drug-likeness (QED) is 0.543. The van der Waals surface area contributed by atoms with Crippen LogP contribution in [0.1, 0.15) is 29.0 Å². The Morgan fingerprint density at radius 3 is 2.63 bits per heavy atom. The van der Waals surface area contributed by atoms with Crippen LogP contribution in [0.2, 0.25) is 0 Å². The van der Waals surface area contributed by atoms with Crippen LogP contribution >= 0.6 is 0 Å². The molecule has 3 N–H and O–H groups in total. The van der Waals surface area contributed by atoms with Gasteiger partial charge in [-0.2, -0.15) is 0 Å². The number of nitrogens with zero attached hydrogens (tertiary/aromatic N) is 1. The maximum absolute atomic E-state index is 11.9. The van der Waals surface area contributed by atoms with Crippen LogP contribution in [0, 0.1) is 0 Å². The molecule has 1 amide bonds. The molecule has 1 heterocycles. The highest BCUT2D eigenvalue weighted by molar-refractivity contribution is 5.94. The summed E-state index contributed by atoms with van der Waals surface area (Å²) in [6, 6.07) is 16.2. The number of para-hydroxylation sites is 1. The van der Waals surface area contributed by atoms with Gasteiger partial charge in [0.2, 0.25) is 5.91 Å². The van der Waals surface area contributed by atoms with Crippen molar-refractivity contribution in [3.63, 3.8) is 0 Å². The predicted molar refractivity (Wildman–Crippen MR) is 108 cm³/mol. The largest absolute Gasteiger partial charge is 0.380 e. The van der Waals surface area contributed by atoms with Gasteiger partial charge in [-0.15, -0.1) is 0 Å². The molecule has 0 aromatic heterocycles. The van der Waals surface area contributed by atoms with Crippen LogP contribution in [0.4, 0.5) is 5.69 Å². The van der Waals surface area contributed by atoms with Gasteiger partial charge in [-0.25, -0.2) is 0 Å². The molecule has 6 nitrogen and oxygen atoms in total. The van der Waals surface area contributed by atoms with Gasteiger partial charge in [0.15, 0.2) is 5.96 Å². The van der Waals surface area contributed by atoms with Gasteiger partial charge >= 0.3 is 0 Å². The lowest BCUT2D eigenvalue weighted by Crippen LogP contribution is -2.40. The van der Waals surface area contributed by atoms with Gasteiger partial charge in [-0.05, 0) is 22.8 Å². The fourth-order valence-electron chi connectivity index (χ4n) is 3.23. The summed E-state index contributed by atoms with van der Waals surface area (Å²) in [6.07, 6.45) is 0.474. The highest BCUT2D eigenvalue weighted by Crippen LogP contribution is 2.31. The number of rotatable bonds is 6. The lowest BCUT2D eigenvalue weighted by Gasteiger charge is -2.26. The van der Waals surface area contributed by atoms with E-state index in [0.717, 1.165) is 22.8 Å². The molecule has 2 aromatic rings. The van der Waals surface area contributed by atoms with Crippen LogP contribution in [0.25, 0.3) is 0 Å². The Kier molecular flexibility index (Phi) is 6.44. The lowest BCUT2D eigenvalue weighted by molar-refractivity contribution is -0.116. The molecule has 3 rings (SSSR count). The molecule has 0 bridgehead atoms. The summed E-state index contributed by atoms with van der Waals surface area (Å²) in [7, 11) is 3.44. The Morgan fingerprint density at radius 1 is 1.15 bits per heavy atom. The highest BCUT2D eigenvalue weighted by atomic mass is 16.5. The van der Waals surface area contributed by atoms with E-state index in [1.165, 1.54) is 5.56 Å². The first-order chi connectivity index (χ1) is 13.2. The van der Waals surface area contributed by atoms with Crippen LogP contribution in [-0.4, -0.2) is 32.6 Å². The van der Waals surface area contributed by atoms with E-state index in [1.807, 2.05) is 18.2 Å². The smallest absolute Gasteiger partial charge is 0.225 e. The highest BCUT2D eigenvalue weighted by Gasteiger charge is 2.24. The number of ether oxygens (including phenoxy) is 1. The third-order valence-electron chi connectivity index (χ3n) is 4.64. The van der Waals surface area contributed by atoms with Crippen molar-refractivity contribution >= 4 is 17.6 Å². The van der Waals surface area contributed by atoms with Crippen molar-refractivity contribution in [3.8, 4) is 0 Å². The summed E-state index contributed by atoms with van der Waals surface area (Å²) in [6.45, 7) is 1.94. The Morgan fingerprint density at radius 2 is 1.89 bits per heavy atom. The first-order valence-corrected chi connectivity index (χ1v) is 9.09. The minimum absolute atomic E-state index is 0.0552. The Labute approximate surface area is 160 Å². The zero-order valence-electron chi connectivity index (χ0n) is 15.8. The summed E-state index contributed by atoms with van der Waals surface area (Å²) >= 11 is 0. The Bertz CT molecular complexity index is 802. The standard InChI is InChI=1S/C21H26N4O2/c1-22-21(23-12-15-7-9-16(10-8-15)14-27-2)24-13-17-11-20(26)25-19-6-4-3-5-18(17)19/h3-10,17H,11-14H2,1-2H3,(H,25,26)(H2,22,23,24). The summed E-state index contributed by atoms with van der Waals surface area (Å²) in [5.74, 6) is 0.904. The van der Waals surface area contributed by atoms with E-state index in [0.29, 0.717) is 26.1 Å². The van der Waals surface area contributed by atoms with Gasteiger partial charge in [0.25, 0.3) is 0 Å². The average Bonchev–Trinajstić information content (AvgIpc) is 2.69. The van der Waals surface area contributed by atoms with Gasteiger partial charge in [0.05, 0.1) is 6.61 Å². The van der Waals surface area contributed by atoms with E-state index in [9.17, 15) is 4.79 Å². The van der Waals surface area contributed by atoms with Crippen LogP contribution in [0.3, 0.4) is 0 Å². The molecule has 0 radical (unpaired) electrons. The number of anilines is 1. The molecule has 0 spiro atoms. The van der Waals surface area contributed by atoms with Crippen LogP contribution in [0.15, 0.2) is 53.5 Å². The third-order valence-corrected chi connectivity index (χ3v) is 4.64. The molecule has 0 saturated heterocycles. The van der Waals surface area contributed by atoms with E-state index < -0.39 is 0 Å². The predicted octanol–water partition coefficient (Wildman–Crippen LogP) is 2.62. The first-order valence-electron chi connectivity index (χ1n) is 9.09. The topological polar surface area (TPSA) is 74.8 Å². The van der Waals surface area contributed by atoms with Gasteiger partial charge in [-0.3, -0.25) is 9.79 Å². The molecule has 1 aliphatic heterocycles. The number of carbonyl (C=O) groups excluding carboxylic acids is 1. The number of guanidine groups is 1. The second-order valence-corrected chi connectivity index (χ2v) is 6.59. The number of aliphatic imine (C=N–C) groups is 1. The summed E-state index contributed by atoms with van der Waals surface area (Å²) in [5.41, 5.74) is 4.38. The second-order valence-electron chi connectivity index (χ2n) is 6.59. The second kappa shape index (κ2) is 9.19. The maximum atomic E-state index is 11.9. The third kappa shape index (κ3) is 5.08. The molecule has 0 aliphatic carbocycles. The van der Waals surface area contributed by atoms with E-state index in [2.05, 4.69) is 51.3 Å². The van der Waals surface area contributed by atoms with Crippen molar-refractivity contribution in [2.75, 3.05) is 26.0 Å². The molecule has 6 heteroatoms. The van der Waals surface area contributed by atoms with Gasteiger partial charge in [0, 0.05) is 45.3 Å². The molecular weight excluding hydrogens is 340 g/mol. The molecule has 27 heavy (non-hydrogen) atoms. The number of benzene rings is 2. The lowest BCUT2D eigenvalue weighted by atomic mass is 9.90. The van der Waals surface area contributed by atoms with E-state index >= 15 is 0 Å².